The maximum absolute atomic E-state index is 13.4. The lowest BCUT2D eigenvalue weighted by atomic mass is 10.0. The normalized spacial score (nSPS) is 12.8. The second kappa shape index (κ2) is 10.6. The van der Waals surface area contributed by atoms with E-state index in [1.54, 1.807) is 47.6 Å². The Labute approximate surface area is 203 Å². The molecule has 0 aliphatic heterocycles. The first kappa shape index (κ1) is 29.2. The number of amides is 1. The molecule has 1 amide bonds. The second-order valence-corrected chi connectivity index (χ2v) is 13.2. The highest BCUT2D eigenvalue weighted by atomic mass is 33.1. The van der Waals surface area contributed by atoms with Gasteiger partial charge in [0.15, 0.2) is 0 Å². The van der Waals surface area contributed by atoms with Gasteiger partial charge in [-0.3, -0.25) is 9.63 Å². The van der Waals surface area contributed by atoms with E-state index in [0.717, 1.165) is 0 Å². The van der Waals surface area contributed by atoms with Crippen LogP contribution in [0.2, 0.25) is 0 Å². The number of ether oxygens (including phenoxy) is 2. The van der Waals surface area contributed by atoms with Gasteiger partial charge in [-0.2, -0.15) is 0 Å². The van der Waals surface area contributed by atoms with Gasteiger partial charge in [-0.25, -0.2) is 20.5 Å². The van der Waals surface area contributed by atoms with E-state index in [1.807, 2.05) is 20.8 Å². The van der Waals surface area contributed by atoms with Crippen LogP contribution in [-0.2, 0) is 28.7 Å². The van der Waals surface area contributed by atoms with E-state index in [0.29, 0.717) is 10.6 Å². The summed E-state index contributed by atoms with van der Waals surface area (Å²) in [4.78, 5) is 48.6. The Hall–Kier alpha value is -1.82. The van der Waals surface area contributed by atoms with Crippen LogP contribution in [0.1, 0.15) is 67.9 Å². The Bertz CT molecular complexity index is 858. The zero-order valence-corrected chi connectivity index (χ0v) is 22.3. The molecule has 1 radical (unpaired) electrons. The number of pyridine rings is 1. The fraction of sp³-hybridized carbons (Fsp3) is 0.591. The first-order valence-corrected chi connectivity index (χ1v) is 12.3. The van der Waals surface area contributed by atoms with Crippen molar-refractivity contribution >= 4 is 45.1 Å². The molecule has 0 bridgehead atoms. The number of hydrogen-bond acceptors (Lipinski definition) is 10. The van der Waals surface area contributed by atoms with Crippen LogP contribution in [-0.4, -0.2) is 44.4 Å². The van der Waals surface area contributed by atoms with Gasteiger partial charge in [0, 0.05) is 10.9 Å². The Morgan fingerprint density at radius 1 is 0.970 bits per heavy atom. The van der Waals surface area contributed by atoms with Gasteiger partial charge in [0.2, 0.25) is 0 Å². The first-order chi connectivity index (χ1) is 14.8. The van der Waals surface area contributed by atoms with Gasteiger partial charge in [0.1, 0.15) is 16.2 Å². The van der Waals surface area contributed by atoms with E-state index in [-0.39, 0.29) is 10.4 Å². The monoisotopic (exact) mass is 500 g/mol. The fourth-order valence-electron chi connectivity index (χ4n) is 2.14. The number of nitrogens with two attached hydrogens (primary N) is 1. The van der Waals surface area contributed by atoms with Crippen LogP contribution in [0.25, 0.3) is 0 Å². The summed E-state index contributed by atoms with van der Waals surface area (Å²) in [6, 6.07) is 1.56. The van der Waals surface area contributed by atoms with Gasteiger partial charge >= 0.3 is 17.5 Å². The molecule has 0 atom stereocenters. The van der Waals surface area contributed by atoms with Crippen molar-refractivity contribution in [2.75, 3.05) is 5.32 Å². The lowest BCUT2D eigenvalue weighted by Crippen LogP contribution is -2.62. The largest absolute Gasteiger partial charge is 0.457 e. The average Bonchev–Trinajstić information content (AvgIpc) is 2.58. The molecule has 0 fully saturated rings. The minimum Gasteiger partial charge on any atom is -0.457 e. The maximum atomic E-state index is 13.4. The third-order valence-corrected chi connectivity index (χ3v) is 6.69. The van der Waals surface area contributed by atoms with Crippen molar-refractivity contribution in [2.45, 2.75) is 88.9 Å². The van der Waals surface area contributed by atoms with Crippen LogP contribution >= 0.6 is 21.6 Å². The van der Waals surface area contributed by atoms with E-state index in [9.17, 15) is 14.4 Å². The third kappa shape index (κ3) is 8.80. The van der Waals surface area contributed by atoms with Crippen LogP contribution in [0.4, 0.5) is 5.69 Å². The Morgan fingerprint density at radius 2 is 1.45 bits per heavy atom. The van der Waals surface area contributed by atoms with Crippen molar-refractivity contribution in [1.29, 1.82) is 0 Å². The minimum absolute atomic E-state index is 0.103. The summed E-state index contributed by atoms with van der Waals surface area (Å²) in [5, 5.41) is 2.97. The van der Waals surface area contributed by atoms with Gasteiger partial charge < -0.3 is 14.8 Å². The molecular weight excluding hydrogens is 466 g/mol. The number of aromatic nitrogens is 1. The topological polar surface area (TPSA) is 130 Å². The molecule has 33 heavy (non-hydrogen) atoms. The quantitative estimate of drug-likeness (QED) is 0.245. The van der Waals surface area contributed by atoms with Gasteiger partial charge in [0.05, 0.1) is 5.69 Å². The highest BCUT2D eigenvalue weighted by molar-refractivity contribution is 8.77. The molecule has 1 aromatic heterocycles. The number of nitrogens with one attached hydrogen (secondary N) is 1. The number of carbonyl (C=O) groups excluding carboxylic acids is 3. The van der Waals surface area contributed by atoms with E-state index in [1.165, 1.54) is 27.8 Å². The molecule has 0 saturated heterocycles. The molecule has 0 aliphatic rings. The molecular formula is C22H34N3O6S2. The Kier molecular flexibility index (Phi) is 9.41. The van der Waals surface area contributed by atoms with Crippen molar-refractivity contribution in [3.63, 3.8) is 0 Å². The average molecular weight is 501 g/mol. The molecule has 1 rings (SSSR count). The summed E-state index contributed by atoms with van der Waals surface area (Å²) >= 11 is 0. The lowest BCUT2D eigenvalue weighted by Gasteiger charge is -2.32. The van der Waals surface area contributed by atoms with E-state index >= 15 is 0 Å². The zero-order valence-electron chi connectivity index (χ0n) is 20.7. The molecule has 185 valence electrons. The Morgan fingerprint density at radius 3 is 1.85 bits per heavy atom. The van der Waals surface area contributed by atoms with Crippen molar-refractivity contribution < 1.29 is 28.7 Å². The molecule has 11 heteroatoms. The summed E-state index contributed by atoms with van der Waals surface area (Å²) in [6.07, 6.45) is 1.54. The predicted molar refractivity (Wildman–Crippen MR) is 130 cm³/mol. The highest BCUT2D eigenvalue weighted by Crippen LogP contribution is 2.42. The molecule has 9 nitrogen and oxygen atoms in total. The smallest absolute Gasteiger partial charge is 0.363 e. The molecule has 1 aromatic rings. The maximum Gasteiger partial charge on any atom is 0.363 e. The second-order valence-electron chi connectivity index (χ2n) is 10.2. The van der Waals surface area contributed by atoms with Crippen molar-refractivity contribution in [3.8, 4) is 0 Å². The molecule has 0 saturated carbocycles. The predicted octanol–water partition coefficient (Wildman–Crippen LogP) is 4.05. The van der Waals surface area contributed by atoms with E-state index < -0.39 is 34.6 Å². The van der Waals surface area contributed by atoms with E-state index in [4.69, 9.17) is 20.2 Å². The van der Waals surface area contributed by atoms with E-state index in [2.05, 4.69) is 17.2 Å². The van der Waals surface area contributed by atoms with Crippen molar-refractivity contribution in [1.82, 2.24) is 4.98 Å². The van der Waals surface area contributed by atoms with Crippen LogP contribution in [0.3, 0.4) is 0 Å². The van der Waals surface area contributed by atoms with Gasteiger partial charge in [0.25, 0.3) is 5.91 Å². The third-order valence-electron chi connectivity index (χ3n) is 3.40. The SMILES string of the molecule is [CH2]c1cnc(SSC(C)(C)C)c(NC(=O)C(ON)(C(=O)OC(C)(C)C)C(=O)OC(C)(C)C)c1. The summed E-state index contributed by atoms with van der Waals surface area (Å²) < 4.78 is 10.5. The number of rotatable bonds is 7. The van der Waals surface area contributed by atoms with Crippen LogP contribution in [0.5, 0.6) is 0 Å². The summed E-state index contributed by atoms with van der Waals surface area (Å²) in [7, 11) is 2.84. The number of hydrogen-bond donors (Lipinski definition) is 2. The van der Waals surface area contributed by atoms with Gasteiger partial charge in [-0.05, 0) is 70.9 Å². The highest BCUT2D eigenvalue weighted by Gasteiger charge is 2.60. The van der Waals surface area contributed by atoms with Gasteiger partial charge in [-0.15, -0.1) is 0 Å². The molecule has 0 aromatic carbocycles. The van der Waals surface area contributed by atoms with Crippen LogP contribution in [0, 0.1) is 6.92 Å². The molecule has 0 spiro atoms. The first-order valence-electron chi connectivity index (χ1n) is 10.1. The minimum atomic E-state index is -2.91. The number of carbonyl (C=O) groups is 3. The van der Waals surface area contributed by atoms with Crippen molar-refractivity contribution in [3.05, 3.63) is 24.8 Å². The fourth-order valence-corrected chi connectivity index (χ4v) is 4.15. The summed E-state index contributed by atoms with van der Waals surface area (Å²) in [5.41, 5.74) is -4.26. The summed E-state index contributed by atoms with van der Waals surface area (Å²) in [6.45, 7) is 19.4. The van der Waals surface area contributed by atoms with Gasteiger partial charge in [-0.1, -0.05) is 31.6 Å². The molecule has 0 unspecified atom stereocenters. The van der Waals surface area contributed by atoms with Crippen LogP contribution < -0.4 is 11.2 Å². The number of anilines is 1. The Balaban J connectivity index is 3.46. The standard InChI is InChI=1S/C22H34N3O6S2/c1-13-11-14(15(24-12-13)32-33-21(8,9)10)25-16(26)22(31-23,17(27)29-19(2,3)4)18(28)30-20(5,6)7/h11-12H,1,23H2,2-10H3,(H,25,26). The van der Waals surface area contributed by atoms with Crippen molar-refractivity contribution in [2.24, 2.45) is 5.90 Å². The number of esters is 2. The zero-order chi connectivity index (χ0) is 25.8. The lowest BCUT2D eigenvalue weighted by molar-refractivity contribution is -0.203. The summed E-state index contributed by atoms with van der Waals surface area (Å²) in [5.74, 6) is 1.60. The molecule has 1 heterocycles. The molecule has 3 N–H and O–H groups in total. The number of nitrogens with zero attached hydrogens (tertiary/aromatic N) is 1. The van der Waals surface area contributed by atoms with Crippen LogP contribution in [0.15, 0.2) is 17.3 Å². The molecule has 0 aliphatic carbocycles.